The molecule has 30 heavy (non-hydrogen) atoms. The van der Waals surface area contributed by atoms with Gasteiger partial charge in [-0.25, -0.2) is 0 Å². The van der Waals surface area contributed by atoms with Crippen LogP contribution in [-0.4, -0.2) is 35.9 Å². The number of amides is 1. The quantitative estimate of drug-likeness (QED) is 0.450. The van der Waals surface area contributed by atoms with Crippen molar-refractivity contribution in [2.75, 3.05) is 25.1 Å². The van der Waals surface area contributed by atoms with Gasteiger partial charge in [-0.3, -0.25) is 10.1 Å². The Morgan fingerprint density at radius 3 is 2.50 bits per heavy atom. The number of hydrogen-bond donors (Lipinski definition) is 1. The molecule has 0 radical (unpaired) electrons. The number of aromatic nitrogens is 2. The van der Waals surface area contributed by atoms with Crippen molar-refractivity contribution in [1.29, 1.82) is 0 Å². The van der Waals surface area contributed by atoms with E-state index in [1.165, 1.54) is 11.3 Å². The first-order valence-corrected chi connectivity index (χ1v) is 10.7. The Bertz CT molecular complexity index is 947. The van der Waals surface area contributed by atoms with Gasteiger partial charge >= 0.3 is 0 Å². The number of rotatable bonds is 11. The van der Waals surface area contributed by atoms with Gasteiger partial charge < -0.3 is 14.2 Å². The molecule has 0 spiro atoms. The Balaban J connectivity index is 1.52. The van der Waals surface area contributed by atoms with Gasteiger partial charge in [-0.2, -0.15) is 0 Å². The van der Waals surface area contributed by atoms with Crippen LogP contribution in [0.2, 0.25) is 0 Å². The predicted octanol–water partition coefficient (Wildman–Crippen LogP) is 4.60. The first-order valence-electron chi connectivity index (χ1n) is 9.90. The van der Waals surface area contributed by atoms with Crippen molar-refractivity contribution in [3.63, 3.8) is 0 Å². The lowest BCUT2D eigenvalue weighted by Crippen LogP contribution is -2.12. The minimum absolute atomic E-state index is 0.269. The Labute approximate surface area is 180 Å². The Hall–Kier alpha value is -3.13. The van der Waals surface area contributed by atoms with Crippen molar-refractivity contribution in [1.82, 2.24) is 10.2 Å². The van der Waals surface area contributed by atoms with E-state index in [0.29, 0.717) is 42.0 Å². The second-order valence-corrected chi connectivity index (χ2v) is 7.31. The van der Waals surface area contributed by atoms with Crippen LogP contribution in [0.25, 0.3) is 0 Å². The third-order valence-corrected chi connectivity index (χ3v) is 4.94. The monoisotopic (exact) mass is 427 g/mol. The van der Waals surface area contributed by atoms with Gasteiger partial charge in [-0.15, -0.1) is 10.2 Å². The zero-order valence-electron chi connectivity index (χ0n) is 17.1. The molecule has 0 unspecified atom stereocenters. The van der Waals surface area contributed by atoms with Gasteiger partial charge in [-0.1, -0.05) is 29.5 Å². The van der Waals surface area contributed by atoms with E-state index in [9.17, 15) is 4.79 Å². The third-order valence-electron chi connectivity index (χ3n) is 4.04. The summed E-state index contributed by atoms with van der Waals surface area (Å²) < 4.78 is 16.8. The van der Waals surface area contributed by atoms with Crippen LogP contribution < -0.4 is 19.5 Å². The number of benzene rings is 2. The van der Waals surface area contributed by atoms with Crippen LogP contribution in [0.1, 0.15) is 35.6 Å². The molecule has 158 valence electrons. The molecule has 1 N–H and O–H groups in total. The minimum atomic E-state index is -0.269. The van der Waals surface area contributed by atoms with Crippen LogP contribution in [0.15, 0.2) is 48.5 Å². The predicted molar refractivity (Wildman–Crippen MR) is 117 cm³/mol. The van der Waals surface area contributed by atoms with E-state index in [1.54, 1.807) is 18.2 Å². The molecule has 0 atom stereocenters. The molecule has 0 aliphatic heterocycles. The van der Waals surface area contributed by atoms with Crippen molar-refractivity contribution >= 4 is 22.4 Å². The molecule has 0 saturated heterocycles. The first kappa shape index (κ1) is 21.6. The topological polar surface area (TPSA) is 82.6 Å². The molecule has 0 aliphatic carbocycles. The maximum absolute atomic E-state index is 12.6. The number of aryl methyl sites for hydroxylation is 1. The second-order valence-electron chi connectivity index (χ2n) is 6.25. The first-order chi connectivity index (χ1) is 14.7. The molecule has 2 aromatic carbocycles. The Kier molecular flexibility index (Phi) is 8.02. The van der Waals surface area contributed by atoms with Crippen LogP contribution in [0.3, 0.4) is 0 Å². The van der Waals surface area contributed by atoms with Crippen molar-refractivity contribution in [3.05, 3.63) is 59.1 Å². The van der Waals surface area contributed by atoms with Crippen molar-refractivity contribution in [2.45, 2.75) is 26.7 Å². The summed E-state index contributed by atoms with van der Waals surface area (Å²) in [7, 11) is 0. The lowest BCUT2D eigenvalue weighted by atomic mass is 10.2. The van der Waals surface area contributed by atoms with Gasteiger partial charge in [0, 0.05) is 12.0 Å². The SMILES string of the molecule is CCOc1ccc(C(=O)Nc2nnc(CCCOc3ccccc3)s2)cc1OCC. The molecule has 7 nitrogen and oxygen atoms in total. The number of hydrogen-bond acceptors (Lipinski definition) is 7. The number of ether oxygens (including phenoxy) is 3. The number of carbonyl (C=O) groups excluding carboxylic acids is 1. The zero-order valence-corrected chi connectivity index (χ0v) is 17.9. The summed E-state index contributed by atoms with van der Waals surface area (Å²) in [5.74, 6) is 1.74. The third kappa shape index (κ3) is 6.18. The van der Waals surface area contributed by atoms with Gasteiger partial charge in [0.2, 0.25) is 5.13 Å². The number of nitrogens with one attached hydrogen (secondary N) is 1. The maximum atomic E-state index is 12.6. The summed E-state index contributed by atoms with van der Waals surface area (Å²) in [5.41, 5.74) is 0.468. The van der Waals surface area contributed by atoms with Crippen LogP contribution in [0, 0.1) is 0 Å². The van der Waals surface area contributed by atoms with Crippen LogP contribution >= 0.6 is 11.3 Å². The summed E-state index contributed by atoms with van der Waals surface area (Å²) in [6.45, 7) is 5.39. The normalized spacial score (nSPS) is 10.5. The molecule has 3 rings (SSSR count). The number of anilines is 1. The fourth-order valence-electron chi connectivity index (χ4n) is 2.70. The summed E-state index contributed by atoms with van der Waals surface area (Å²) in [4.78, 5) is 12.6. The fourth-order valence-corrected chi connectivity index (χ4v) is 3.47. The van der Waals surface area contributed by atoms with Crippen molar-refractivity contribution < 1.29 is 19.0 Å². The van der Waals surface area contributed by atoms with E-state index in [4.69, 9.17) is 14.2 Å². The van der Waals surface area contributed by atoms with E-state index in [0.717, 1.165) is 23.6 Å². The molecule has 0 aliphatic rings. The molecule has 1 aromatic heterocycles. The molecule has 3 aromatic rings. The van der Waals surface area contributed by atoms with Crippen LogP contribution in [0.5, 0.6) is 17.2 Å². The van der Waals surface area contributed by atoms with Crippen molar-refractivity contribution in [2.24, 2.45) is 0 Å². The Morgan fingerprint density at radius 1 is 0.967 bits per heavy atom. The van der Waals surface area contributed by atoms with Crippen molar-refractivity contribution in [3.8, 4) is 17.2 Å². The molecule has 1 amide bonds. The summed E-state index contributed by atoms with van der Waals surface area (Å²) in [6.07, 6.45) is 1.55. The maximum Gasteiger partial charge on any atom is 0.257 e. The highest BCUT2D eigenvalue weighted by Gasteiger charge is 2.14. The number of para-hydroxylation sites is 1. The summed E-state index contributed by atoms with van der Waals surface area (Å²) in [5, 5.41) is 12.3. The van der Waals surface area contributed by atoms with Gasteiger partial charge in [0.15, 0.2) is 11.5 Å². The van der Waals surface area contributed by atoms with Crippen LogP contribution in [-0.2, 0) is 6.42 Å². The van der Waals surface area contributed by atoms with E-state index < -0.39 is 0 Å². The molecule has 8 heteroatoms. The van der Waals surface area contributed by atoms with E-state index >= 15 is 0 Å². The summed E-state index contributed by atoms with van der Waals surface area (Å²) in [6, 6.07) is 14.8. The number of nitrogens with zero attached hydrogens (tertiary/aromatic N) is 2. The molecular weight excluding hydrogens is 402 g/mol. The molecule has 0 bridgehead atoms. The standard InChI is InChI=1S/C22H25N3O4S/c1-3-27-18-13-12-16(15-19(18)28-4-2)21(26)23-22-25-24-20(30-22)11-8-14-29-17-9-6-5-7-10-17/h5-7,9-10,12-13,15H,3-4,8,11,14H2,1-2H3,(H,23,25,26). The highest BCUT2D eigenvalue weighted by molar-refractivity contribution is 7.15. The average molecular weight is 428 g/mol. The highest BCUT2D eigenvalue weighted by Crippen LogP contribution is 2.29. The molecular formula is C22H25N3O4S. The summed E-state index contributed by atoms with van der Waals surface area (Å²) >= 11 is 1.36. The lowest BCUT2D eigenvalue weighted by molar-refractivity contribution is 0.102. The molecule has 0 saturated carbocycles. The average Bonchev–Trinajstić information content (AvgIpc) is 3.20. The number of carbonyl (C=O) groups is 1. The van der Waals surface area contributed by atoms with Gasteiger partial charge in [-0.05, 0) is 50.6 Å². The Morgan fingerprint density at radius 2 is 1.73 bits per heavy atom. The van der Waals surface area contributed by atoms with E-state index in [1.807, 2.05) is 44.2 Å². The minimum Gasteiger partial charge on any atom is -0.494 e. The highest BCUT2D eigenvalue weighted by atomic mass is 32.1. The smallest absolute Gasteiger partial charge is 0.257 e. The molecule has 1 heterocycles. The van der Waals surface area contributed by atoms with Gasteiger partial charge in [0.05, 0.1) is 19.8 Å². The van der Waals surface area contributed by atoms with Crippen LogP contribution in [0.4, 0.5) is 5.13 Å². The van der Waals surface area contributed by atoms with E-state index in [2.05, 4.69) is 15.5 Å². The van der Waals surface area contributed by atoms with E-state index in [-0.39, 0.29) is 5.91 Å². The largest absolute Gasteiger partial charge is 0.494 e. The lowest BCUT2D eigenvalue weighted by Gasteiger charge is -2.12. The van der Waals surface area contributed by atoms with Gasteiger partial charge in [0.25, 0.3) is 5.91 Å². The zero-order chi connectivity index (χ0) is 21.2. The molecule has 0 fully saturated rings. The van der Waals surface area contributed by atoms with Gasteiger partial charge in [0.1, 0.15) is 10.8 Å². The fraction of sp³-hybridized carbons (Fsp3) is 0.318. The second kappa shape index (κ2) is 11.2.